The molecule has 3 nitrogen and oxygen atoms in total. The number of likely N-dealkylation sites (tertiary alicyclic amines) is 1. The van der Waals surface area contributed by atoms with Crippen LogP contribution in [0.25, 0.3) is 0 Å². The van der Waals surface area contributed by atoms with Gasteiger partial charge in [-0.05, 0) is 50.6 Å². The second kappa shape index (κ2) is 5.91. The van der Waals surface area contributed by atoms with Gasteiger partial charge in [0.25, 0.3) is 0 Å². The number of β-amino-alcohol motifs (C(OH)–C–C–N with tert-alkyl or cyclic N) is 1. The van der Waals surface area contributed by atoms with Gasteiger partial charge in [0.1, 0.15) is 12.4 Å². The zero-order chi connectivity index (χ0) is 13.0. The van der Waals surface area contributed by atoms with E-state index >= 15 is 0 Å². The van der Waals surface area contributed by atoms with Crippen molar-refractivity contribution in [3.8, 4) is 5.75 Å². The number of rotatable bonds is 4. The molecule has 18 heavy (non-hydrogen) atoms. The van der Waals surface area contributed by atoms with E-state index < -0.39 is 5.60 Å². The van der Waals surface area contributed by atoms with Gasteiger partial charge >= 0.3 is 0 Å². The minimum absolute atomic E-state index is 0.543. The zero-order valence-corrected chi connectivity index (χ0v) is 11.5. The van der Waals surface area contributed by atoms with Gasteiger partial charge in [-0.15, -0.1) is 0 Å². The van der Waals surface area contributed by atoms with Crippen molar-refractivity contribution in [3.63, 3.8) is 0 Å². The Hall–Kier alpha value is -0.770. The predicted octanol–water partition coefficient (Wildman–Crippen LogP) is 2.57. The van der Waals surface area contributed by atoms with Crippen LogP contribution in [0.15, 0.2) is 24.3 Å². The molecule has 1 saturated heterocycles. The molecule has 0 spiro atoms. The van der Waals surface area contributed by atoms with Crippen LogP contribution in [-0.2, 0) is 0 Å². The molecular formula is C14H20ClNO2. The van der Waals surface area contributed by atoms with Crippen LogP contribution >= 0.6 is 11.6 Å². The summed E-state index contributed by atoms with van der Waals surface area (Å²) in [5.74, 6) is 0.836. The summed E-state index contributed by atoms with van der Waals surface area (Å²) in [6.07, 6.45) is 1.94. The van der Waals surface area contributed by atoms with Crippen LogP contribution in [-0.4, -0.2) is 41.8 Å². The van der Waals surface area contributed by atoms with Gasteiger partial charge < -0.3 is 9.84 Å². The van der Waals surface area contributed by atoms with E-state index in [0.29, 0.717) is 6.61 Å². The van der Waals surface area contributed by atoms with Gasteiger partial charge in [0.05, 0.1) is 5.60 Å². The van der Waals surface area contributed by atoms with Gasteiger partial charge in [-0.3, -0.25) is 4.90 Å². The summed E-state index contributed by atoms with van der Waals surface area (Å²) in [7, 11) is 0. The number of hydrogen-bond donors (Lipinski definition) is 1. The number of halogens is 1. The van der Waals surface area contributed by atoms with Crippen LogP contribution in [0.3, 0.4) is 0 Å². The highest BCUT2D eigenvalue weighted by molar-refractivity contribution is 6.30. The second-order valence-corrected chi connectivity index (χ2v) is 5.62. The Morgan fingerprint density at radius 3 is 2.78 bits per heavy atom. The van der Waals surface area contributed by atoms with Gasteiger partial charge in [-0.2, -0.15) is 0 Å². The van der Waals surface area contributed by atoms with E-state index in [9.17, 15) is 5.11 Å². The average molecular weight is 270 g/mol. The SMILES string of the molecule is CC1(O)CCCN(CCOc2ccc(Cl)cc2)C1. The first-order chi connectivity index (χ1) is 8.55. The quantitative estimate of drug-likeness (QED) is 0.912. The van der Waals surface area contributed by atoms with Crippen molar-refractivity contribution in [2.24, 2.45) is 0 Å². The highest BCUT2D eigenvalue weighted by atomic mass is 35.5. The fourth-order valence-electron chi connectivity index (χ4n) is 2.34. The number of ether oxygens (including phenoxy) is 1. The standard InChI is InChI=1S/C14H20ClNO2/c1-14(17)7-2-8-16(11-14)9-10-18-13-5-3-12(15)4-6-13/h3-6,17H,2,7-11H2,1H3. The van der Waals surface area contributed by atoms with E-state index in [-0.39, 0.29) is 0 Å². The molecular weight excluding hydrogens is 250 g/mol. The van der Waals surface area contributed by atoms with Crippen molar-refractivity contribution < 1.29 is 9.84 Å². The third-order valence-corrected chi connectivity index (χ3v) is 3.50. The maximum absolute atomic E-state index is 9.99. The fraction of sp³-hybridized carbons (Fsp3) is 0.571. The molecule has 4 heteroatoms. The Bertz CT molecular complexity index is 378. The molecule has 1 aromatic rings. The molecule has 0 aliphatic carbocycles. The highest BCUT2D eigenvalue weighted by Crippen LogP contribution is 2.20. The summed E-state index contributed by atoms with van der Waals surface area (Å²) in [6.45, 7) is 5.16. The lowest BCUT2D eigenvalue weighted by Gasteiger charge is -2.36. The molecule has 0 radical (unpaired) electrons. The Balaban J connectivity index is 1.73. The van der Waals surface area contributed by atoms with Gasteiger partial charge in [0.15, 0.2) is 0 Å². The van der Waals surface area contributed by atoms with E-state index in [1.165, 1.54) is 0 Å². The van der Waals surface area contributed by atoms with Crippen molar-refractivity contribution in [2.75, 3.05) is 26.2 Å². The molecule has 100 valence electrons. The minimum Gasteiger partial charge on any atom is -0.492 e. The molecule has 1 unspecified atom stereocenters. The Kier molecular flexibility index (Phi) is 4.49. The summed E-state index contributed by atoms with van der Waals surface area (Å²) in [5, 5.41) is 10.7. The zero-order valence-electron chi connectivity index (χ0n) is 10.7. The van der Waals surface area contributed by atoms with Gasteiger partial charge in [0.2, 0.25) is 0 Å². The summed E-state index contributed by atoms with van der Waals surface area (Å²) in [5.41, 5.74) is -0.543. The number of hydrogen-bond acceptors (Lipinski definition) is 3. The van der Waals surface area contributed by atoms with Crippen LogP contribution in [0.5, 0.6) is 5.75 Å². The molecule has 0 amide bonds. The molecule has 2 rings (SSSR count). The second-order valence-electron chi connectivity index (χ2n) is 5.18. The lowest BCUT2D eigenvalue weighted by Crippen LogP contribution is -2.47. The third kappa shape index (κ3) is 4.16. The van der Waals surface area contributed by atoms with E-state index in [2.05, 4.69) is 4.90 Å². The van der Waals surface area contributed by atoms with Crippen molar-refractivity contribution in [3.05, 3.63) is 29.3 Å². The molecule has 1 aliphatic rings. The smallest absolute Gasteiger partial charge is 0.119 e. The van der Waals surface area contributed by atoms with E-state index in [1.807, 2.05) is 31.2 Å². The van der Waals surface area contributed by atoms with E-state index in [1.54, 1.807) is 0 Å². The van der Waals surface area contributed by atoms with Gasteiger partial charge in [-0.1, -0.05) is 11.6 Å². The third-order valence-electron chi connectivity index (χ3n) is 3.24. The number of piperidine rings is 1. The largest absolute Gasteiger partial charge is 0.492 e. The molecule has 1 atom stereocenters. The molecule has 0 bridgehead atoms. The van der Waals surface area contributed by atoms with Crippen LogP contribution in [0, 0.1) is 0 Å². The Morgan fingerprint density at radius 1 is 1.39 bits per heavy atom. The molecule has 0 aromatic heterocycles. The first kappa shape index (κ1) is 13.7. The first-order valence-electron chi connectivity index (χ1n) is 6.38. The summed E-state index contributed by atoms with van der Waals surface area (Å²) >= 11 is 5.81. The van der Waals surface area contributed by atoms with Crippen molar-refractivity contribution in [1.29, 1.82) is 0 Å². The summed E-state index contributed by atoms with van der Waals surface area (Å²) < 4.78 is 5.65. The molecule has 1 aliphatic heterocycles. The Labute approximate surface area is 113 Å². The van der Waals surface area contributed by atoms with Crippen molar-refractivity contribution in [1.82, 2.24) is 4.90 Å². The number of nitrogens with zero attached hydrogens (tertiary/aromatic N) is 1. The van der Waals surface area contributed by atoms with Gasteiger partial charge in [0, 0.05) is 18.1 Å². The van der Waals surface area contributed by atoms with Gasteiger partial charge in [-0.25, -0.2) is 0 Å². The number of aliphatic hydroxyl groups is 1. The lowest BCUT2D eigenvalue weighted by molar-refractivity contribution is -0.0183. The van der Waals surface area contributed by atoms with Crippen LogP contribution in [0.4, 0.5) is 0 Å². The maximum atomic E-state index is 9.99. The molecule has 0 saturated carbocycles. The minimum atomic E-state index is -0.543. The van der Waals surface area contributed by atoms with Crippen LogP contribution in [0.2, 0.25) is 5.02 Å². The molecule has 1 heterocycles. The maximum Gasteiger partial charge on any atom is 0.119 e. The van der Waals surface area contributed by atoms with E-state index in [4.69, 9.17) is 16.3 Å². The number of benzene rings is 1. The topological polar surface area (TPSA) is 32.7 Å². The first-order valence-corrected chi connectivity index (χ1v) is 6.76. The van der Waals surface area contributed by atoms with Crippen LogP contribution < -0.4 is 4.74 Å². The molecule has 1 aromatic carbocycles. The lowest BCUT2D eigenvalue weighted by atomic mass is 9.95. The predicted molar refractivity (Wildman–Crippen MR) is 73.2 cm³/mol. The fourth-order valence-corrected chi connectivity index (χ4v) is 2.46. The van der Waals surface area contributed by atoms with E-state index in [0.717, 1.165) is 43.2 Å². The normalized spacial score (nSPS) is 25.1. The summed E-state index contributed by atoms with van der Waals surface area (Å²) in [4.78, 5) is 2.25. The molecule has 1 N–H and O–H groups in total. The van der Waals surface area contributed by atoms with Crippen molar-refractivity contribution in [2.45, 2.75) is 25.4 Å². The van der Waals surface area contributed by atoms with Crippen molar-refractivity contribution >= 4 is 11.6 Å². The highest BCUT2D eigenvalue weighted by Gasteiger charge is 2.27. The summed E-state index contributed by atoms with van der Waals surface area (Å²) in [6, 6.07) is 7.38. The molecule has 1 fully saturated rings. The Morgan fingerprint density at radius 2 is 2.11 bits per heavy atom. The monoisotopic (exact) mass is 269 g/mol. The average Bonchev–Trinajstić information content (AvgIpc) is 2.30. The van der Waals surface area contributed by atoms with Crippen LogP contribution in [0.1, 0.15) is 19.8 Å².